The maximum Gasteiger partial charge on any atom is 0.160 e. The van der Waals surface area contributed by atoms with Crippen molar-refractivity contribution in [3.63, 3.8) is 0 Å². The van der Waals surface area contributed by atoms with E-state index in [9.17, 15) is 8.78 Å². The summed E-state index contributed by atoms with van der Waals surface area (Å²) < 4.78 is 31.5. The Morgan fingerprint density at radius 1 is 1.41 bits per heavy atom. The average Bonchev–Trinajstić information content (AvgIpc) is 2.76. The average molecular weight is 262 g/mol. The third kappa shape index (κ3) is 2.94. The van der Waals surface area contributed by atoms with Crippen LogP contribution in [0.5, 0.6) is 0 Å². The second kappa shape index (κ2) is 5.29. The van der Waals surface area contributed by atoms with Gasteiger partial charge in [0, 0.05) is 17.7 Å². The fourth-order valence-electron chi connectivity index (χ4n) is 2.06. The fourth-order valence-corrected chi connectivity index (χ4v) is 2.35. The molecule has 0 radical (unpaired) electrons. The lowest BCUT2D eigenvalue weighted by atomic mass is 10.00. The molecule has 94 valence electrons. The highest BCUT2D eigenvalue weighted by atomic mass is 35.5. The van der Waals surface area contributed by atoms with Crippen LogP contribution in [0, 0.1) is 11.6 Å². The van der Waals surface area contributed by atoms with Crippen molar-refractivity contribution in [2.75, 3.05) is 6.61 Å². The number of ether oxygens (including phenoxy) is 1. The minimum absolute atomic E-state index is 0.0918. The molecule has 1 aromatic carbocycles. The topological polar surface area (TPSA) is 35.2 Å². The van der Waals surface area contributed by atoms with Gasteiger partial charge < -0.3 is 10.5 Å². The Morgan fingerprint density at radius 2 is 2.12 bits per heavy atom. The monoisotopic (exact) mass is 261 g/mol. The molecule has 1 aliphatic rings. The van der Waals surface area contributed by atoms with Crippen LogP contribution in [-0.2, 0) is 4.74 Å². The van der Waals surface area contributed by atoms with Gasteiger partial charge in [-0.25, -0.2) is 8.78 Å². The van der Waals surface area contributed by atoms with E-state index in [0.717, 1.165) is 31.6 Å². The number of hydrogen-bond donors (Lipinski definition) is 1. The molecule has 0 spiro atoms. The molecule has 0 saturated carbocycles. The Bertz CT molecular complexity index is 408. The zero-order valence-electron chi connectivity index (χ0n) is 9.26. The largest absolute Gasteiger partial charge is 0.378 e. The zero-order valence-corrected chi connectivity index (χ0v) is 10.0. The number of rotatable bonds is 3. The van der Waals surface area contributed by atoms with Crippen molar-refractivity contribution in [1.82, 2.24) is 0 Å². The second-order valence-electron chi connectivity index (χ2n) is 4.27. The van der Waals surface area contributed by atoms with Crippen LogP contribution in [-0.4, -0.2) is 12.7 Å². The first-order chi connectivity index (χ1) is 8.08. The summed E-state index contributed by atoms with van der Waals surface area (Å²) in [4.78, 5) is 0. The molecule has 2 unspecified atom stereocenters. The summed E-state index contributed by atoms with van der Waals surface area (Å²) in [5, 5.41) is 0.161. The highest BCUT2D eigenvalue weighted by Gasteiger charge is 2.22. The van der Waals surface area contributed by atoms with E-state index in [1.54, 1.807) is 0 Å². The van der Waals surface area contributed by atoms with Crippen molar-refractivity contribution in [1.29, 1.82) is 0 Å². The molecule has 1 aromatic rings. The Kier molecular flexibility index (Phi) is 3.97. The molecule has 1 saturated heterocycles. The van der Waals surface area contributed by atoms with E-state index in [0.29, 0.717) is 12.0 Å². The van der Waals surface area contributed by atoms with E-state index in [4.69, 9.17) is 22.1 Å². The first-order valence-electron chi connectivity index (χ1n) is 5.59. The number of halogens is 3. The lowest BCUT2D eigenvalue weighted by Crippen LogP contribution is -2.19. The van der Waals surface area contributed by atoms with E-state index in [1.165, 1.54) is 0 Å². The van der Waals surface area contributed by atoms with Gasteiger partial charge in [-0.3, -0.25) is 0 Å². The molecule has 1 aliphatic heterocycles. The highest BCUT2D eigenvalue weighted by molar-refractivity contribution is 6.31. The zero-order chi connectivity index (χ0) is 12.4. The summed E-state index contributed by atoms with van der Waals surface area (Å²) in [6, 6.07) is 1.60. The first kappa shape index (κ1) is 12.7. The quantitative estimate of drug-likeness (QED) is 0.848. The van der Waals surface area contributed by atoms with Gasteiger partial charge in [0.25, 0.3) is 0 Å². The Morgan fingerprint density at radius 3 is 2.76 bits per heavy atom. The highest BCUT2D eigenvalue weighted by Crippen LogP contribution is 2.29. The predicted octanol–water partition coefficient (Wildman–Crippen LogP) is 3.19. The van der Waals surface area contributed by atoms with Gasteiger partial charge in [-0.05, 0) is 37.0 Å². The van der Waals surface area contributed by atoms with Crippen LogP contribution in [0.25, 0.3) is 0 Å². The Labute approximate surface area is 104 Å². The summed E-state index contributed by atoms with van der Waals surface area (Å²) in [7, 11) is 0. The van der Waals surface area contributed by atoms with E-state index in [2.05, 4.69) is 0 Å². The molecular formula is C12H14ClF2NO. The summed E-state index contributed by atoms with van der Waals surface area (Å²) in [6.07, 6.45) is 2.64. The predicted molar refractivity (Wildman–Crippen MR) is 61.9 cm³/mol. The second-order valence-corrected chi connectivity index (χ2v) is 4.67. The van der Waals surface area contributed by atoms with Gasteiger partial charge in [-0.15, -0.1) is 0 Å². The standard InChI is InChI=1S/C12H14ClF2NO/c13-9-6-11(15)10(14)5-8(9)12(16)4-7-2-1-3-17-7/h5-7,12H,1-4,16H2. The maximum absolute atomic E-state index is 13.1. The molecule has 2 atom stereocenters. The van der Waals surface area contributed by atoms with Crippen molar-refractivity contribution in [2.24, 2.45) is 5.73 Å². The van der Waals surface area contributed by atoms with Gasteiger partial charge in [0.2, 0.25) is 0 Å². The minimum atomic E-state index is -0.955. The molecule has 0 aliphatic carbocycles. The summed E-state index contributed by atoms with van der Waals surface area (Å²) in [6.45, 7) is 0.739. The summed E-state index contributed by atoms with van der Waals surface area (Å²) in [5.41, 5.74) is 6.37. The van der Waals surface area contributed by atoms with Gasteiger partial charge in [0.1, 0.15) is 0 Å². The third-order valence-corrected chi connectivity index (χ3v) is 3.31. The van der Waals surface area contributed by atoms with Gasteiger partial charge in [0.05, 0.1) is 6.10 Å². The Balaban J connectivity index is 2.12. The van der Waals surface area contributed by atoms with Gasteiger partial charge in [0.15, 0.2) is 11.6 Å². The molecule has 0 aromatic heterocycles. The van der Waals surface area contributed by atoms with Crippen molar-refractivity contribution in [3.8, 4) is 0 Å². The number of benzene rings is 1. The third-order valence-electron chi connectivity index (χ3n) is 2.98. The van der Waals surface area contributed by atoms with Gasteiger partial charge in [-0.2, -0.15) is 0 Å². The van der Waals surface area contributed by atoms with Crippen molar-refractivity contribution < 1.29 is 13.5 Å². The van der Waals surface area contributed by atoms with E-state index >= 15 is 0 Å². The molecule has 0 amide bonds. The van der Waals surface area contributed by atoms with Crippen LogP contribution < -0.4 is 5.73 Å². The van der Waals surface area contributed by atoms with Crippen LogP contribution in [0.4, 0.5) is 8.78 Å². The van der Waals surface area contributed by atoms with Crippen molar-refractivity contribution >= 4 is 11.6 Å². The van der Waals surface area contributed by atoms with Gasteiger partial charge in [-0.1, -0.05) is 11.6 Å². The molecule has 2 rings (SSSR count). The lowest BCUT2D eigenvalue weighted by molar-refractivity contribution is 0.0983. The first-order valence-corrected chi connectivity index (χ1v) is 5.97. The summed E-state index contributed by atoms with van der Waals surface area (Å²) >= 11 is 5.85. The SMILES string of the molecule is NC(CC1CCCO1)c1cc(F)c(F)cc1Cl. The maximum atomic E-state index is 13.1. The van der Waals surface area contributed by atoms with Gasteiger partial charge >= 0.3 is 0 Å². The fraction of sp³-hybridized carbons (Fsp3) is 0.500. The van der Waals surface area contributed by atoms with Crippen molar-refractivity contribution in [2.45, 2.75) is 31.4 Å². The van der Waals surface area contributed by atoms with E-state index < -0.39 is 17.7 Å². The molecule has 1 heterocycles. The van der Waals surface area contributed by atoms with Crippen molar-refractivity contribution in [3.05, 3.63) is 34.4 Å². The normalized spacial score (nSPS) is 21.8. The molecule has 2 nitrogen and oxygen atoms in total. The minimum Gasteiger partial charge on any atom is -0.378 e. The van der Waals surface area contributed by atoms with Crippen LogP contribution in [0.1, 0.15) is 30.9 Å². The smallest absolute Gasteiger partial charge is 0.160 e. The molecule has 1 fully saturated rings. The molecule has 0 bridgehead atoms. The lowest BCUT2D eigenvalue weighted by Gasteiger charge is -2.17. The van der Waals surface area contributed by atoms with E-state index in [1.807, 2.05) is 0 Å². The Hall–Kier alpha value is -0.710. The van der Waals surface area contributed by atoms with E-state index in [-0.39, 0.29) is 11.1 Å². The molecule has 17 heavy (non-hydrogen) atoms. The molecule has 5 heteroatoms. The van der Waals surface area contributed by atoms with Crippen LogP contribution in [0.3, 0.4) is 0 Å². The number of nitrogens with two attached hydrogens (primary N) is 1. The van der Waals surface area contributed by atoms with Crippen LogP contribution in [0.15, 0.2) is 12.1 Å². The number of hydrogen-bond acceptors (Lipinski definition) is 2. The van der Waals surface area contributed by atoms with Crippen LogP contribution in [0.2, 0.25) is 5.02 Å². The summed E-state index contributed by atoms with van der Waals surface area (Å²) in [5.74, 6) is -1.88. The van der Waals surface area contributed by atoms with Crippen LogP contribution >= 0.6 is 11.6 Å². The molecular weight excluding hydrogens is 248 g/mol. The molecule has 2 N–H and O–H groups in total.